The Balaban J connectivity index is 0.000000154. The van der Waals surface area contributed by atoms with Crippen LogP contribution in [-0.2, 0) is 19.1 Å². The highest BCUT2D eigenvalue weighted by Crippen LogP contribution is 2.52. The lowest BCUT2D eigenvalue weighted by Gasteiger charge is -2.17. The molecule has 3 aromatic rings. The summed E-state index contributed by atoms with van der Waals surface area (Å²) in [5, 5.41) is 0. The van der Waals surface area contributed by atoms with Crippen LogP contribution in [0.25, 0.3) is 0 Å². The Morgan fingerprint density at radius 2 is 1.26 bits per heavy atom. The monoisotopic (exact) mass is 578 g/mol. The van der Waals surface area contributed by atoms with Crippen molar-refractivity contribution < 1.29 is 38.0 Å². The molecule has 5 aliphatic rings. The number of carbonyl (C=O) groups is 2. The minimum absolute atomic E-state index is 0.0218. The van der Waals surface area contributed by atoms with E-state index in [0.29, 0.717) is 30.6 Å². The number of fused-ring (bicyclic) bond motifs is 3. The third-order valence-corrected chi connectivity index (χ3v) is 8.43. The molecule has 0 N–H and O–H groups in total. The number of ketones is 2. The second-order valence-electron chi connectivity index (χ2n) is 10.9. The van der Waals surface area contributed by atoms with Gasteiger partial charge in [0, 0.05) is 23.3 Å². The highest BCUT2D eigenvalue weighted by molar-refractivity contribution is 6.18. The molecule has 0 aromatic heterocycles. The molecule has 8 heteroatoms. The number of ether oxygens (including phenoxy) is 6. The van der Waals surface area contributed by atoms with E-state index in [4.69, 9.17) is 28.4 Å². The van der Waals surface area contributed by atoms with Gasteiger partial charge in [0.1, 0.15) is 0 Å². The Bertz CT molecular complexity index is 1550. The molecule has 3 aromatic carbocycles. The Labute approximate surface area is 249 Å². The first-order valence-electron chi connectivity index (χ1n) is 14.3. The largest absolute Gasteiger partial charge is 0.454 e. The van der Waals surface area contributed by atoms with Crippen LogP contribution in [0.2, 0.25) is 0 Å². The third kappa shape index (κ3) is 5.24. The lowest BCUT2D eigenvalue weighted by atomic mass is 9.85. The zero-order valence-electron chi connectivity index (χ0n) is 23.3. The van der Waals surface area contributed by atoms with Crippen LogP contribution in [0.15, 0.2) is 103 Å². The number of hydrogen-bond acceptors (Lipinski definition) is 8. The van der Waals surface area contributed by atoms with E-state index in [2.05, 4.69) is 18.7 Å². The molecule has 8 rings (SSSR count). The summed E-state index contributed by atoms with van der Waals surface area (Å²) >= 11 is 0. The molecular weight excluding hydrogens is 548 g/mol. The molecule has 1 aliphatic carbocycles. The average Bonchev–Trinajstić information content (AvgIpc) is 3.84. The van der Waals surface area contributed by atoms with Gasteiger partial charge in [-0.1, -0.05) is 48.5 Å². The van der Waals surface area contributed by atoms with Gasteiger partial charge in [-0.3, -0.25) is 9.59 Å². The fraction of sp³-hybridized carbons (Fsp3) is 0.257. The summed E-state index contributed by atoms with van der Waals surface area (Å²) in [5.74, 6) is 3.32. The summed E-state index contributed by atoms with van der Waals surface area (Å²) < 4.78 is 34.2. The van der Waals surface area contributed by atoms with Crippen LogP contribution in [0.4, 0.5) is 0 Å². The number of rotatable bonds is 5. The second kappa shape index (κ2) is 11.6. The van der Waals surface area contributed by atoms with Gasteiger partial charge in [-0.05, 0) is 59.2 Å². The van der Waals surface area contributed by atoms with Gasteiger partial charge >= 0.3 is 0 Å². The van der Waals surface area contributed by atoms with Crippen LogP contribution in [0.5, 0.6) is 23.0 Å². The van der Waals surface area contributed by atoms with Crippen LogP contribution in [0.3, 0.4) is 0 Å². The summed E-state index contributed by atoms with van der Waals surface area (Å²) in [5.41, 5.74) is 3.69. The van der Waals surface area contributed by atoms with Crippen molar-refractivity contribution in [3.05, 3.63) is 120 Å². The summed E-state index contributed by atoms with van der Waals surface area (Å²) in [6, 6.07) is 21.7. The minimum atomic E-state index is -0.224. The standard InChI is InChI=1S/C20H18O6.C15H12O2/c1-3-15-17(25-9-23-15)5-11(1)19-13-7-22-20(14(13)8-21-19)12-2-4-16-18(6-12)26-10-24-16;1-2-13(11-6-4-3-5-7-11)14-10-12(16)8-9-15(14)17/h1-6,13-14,19-20H,7-10H2;2-10,13H,1H2. The van der Waals surface area contributed by atoms with E-state index in [1.807, 2.05) is 54.6 Å². The predicted molar refractivity (Wildman–Crippen MR) is 156 cm³/mol. The summed E-state index contributed by atoms with van der Waals surface area (Å²) in [7, 11) is 0. The van der Waals surface area contributed by atoms with Gasteiger partial charge in [-0.2, -0.15) is 0 Å². The molecule has 0 spiro atoms. The van der Waals surface area contributed by atoms with E-state index in [9.17, 15) is 9.59 Å². The zero-order chi connectivity index (χ0) is 29.3. The van der Waals surface area contributed by atoms with E-state index in [1.54, 1.807) is 6.08 Å². The number of hydrogen-bond donors (Lipinski definition) is 0. The molecule has 5 unspecified atom stereocenters. The molecule has 5 atom stereocenters. The Hall–Kier alpha value is -4.66. The van der Waals surface area contributed by atoms with Gasteiger partial charge in [-0.15, -0.1) is 6.58 Å². The van der Waals surface area contributed by atoms with E-state index in [0.717, 1.165) is 39.7 Å². The summed E-state index contributed by atoms with van der Waals surface area (Å²) in [4.78, 5) is 23.1. The fourth-order valence-corrected chi connectivity index (χ4v) is 6.29. The molecule has 0 amide bonds. The highest BCUT2D eigenvalue weighted by atomic mass is 16.7. The third-order valence-electron chi connectivity index (χ3n) is 8.43. The first-order valence-corrected chi connectivity index (χ1v) is 14.3. The van der Waals surface area contributed by atoms with Crippen molar-refractivity contribution in [3.63, 3.8) is 0 Å². The molecule has 0 radical (unpaired) electrons. The van der Waals surface area contributed by atoms with Crippen molar-refractivity contribution in [2.24, 2.45) is 11.8 Å². The molecule has 2 saturated heterocycles. The minimum Gasteiger partial charge on any atom is -0.454 e. The first kappa shape index (κ1) is 27.2. The summed E-state index contributed by atoms with van der Waals surface area (Å²) in [6.07, 6.45) is 5.73. The molecule has 8 nitrogen and oxygen atoms in total. The maximum atomic E-state index is 11.8. The number of carbonyl (C=O) groups excluding carboxylic acids is 2. The van der Waals surface area contributed by atoms with Gasteiger partial charge in [-0.25, -0.2) is 0 Å². The molecular formula is C35H30O8. The second-order valence-corrected chi connectivity index (χ2v) is 10.9. The first-order chi connectivity index (χ1) is 21.1. The quantitative estimate of drug-likeness (QED) is 0.277. The van der Waals surface area contributed by atoms with Gasteiger partial charge in [0.25, 0.3) is 0 Å². The molecule has 0 bridgehead atoms. The fourth-order valence-electron chi connectivity index (χ4n) is 6.29. The van der Waals surface area contributed by atoms with E-state index in [-0.39, 0.29) is 43.3 Å². The molecule has 0 saturated carbocycles. The molecule has 4 heterocycles. The Morgan fingerprint density at radius 3 is 1.81 bits per heavy atom. The Morgan fingerprint density at radius 1 is 0.698 bits per heavy atom. The van der Waals surface area contributed by atoms with Gasteiger partial charge in [0.15, 0.2) is 34.6 Å². The number of allylic oxidation sites excluding steroid dienone is 5. The molecule has 2 fully saturated rings. The topological polar surface area (TPSA) is 89.5 Å². The summed E-state index contributed by atoms with van der Waals surface area (Å²) in [6.45, 7) is 5.68. The van der Waals surface area contributed by atoms with Crippen molar-refractivity contribution in [2.75, 3.05) is 26.8 Å². The van der Waals surface area contributed by atoms with Crippen LogP contribution in [0.1, 0.15) is 34.8 Å². The molecule has 4 aliphatic heterocycles. The average molecular weight is 579 g/mol. The van der Waals surface area contributed by atoms with Crippen LogP contribution < -0.4 is 18.9 Å². The maximum Gasteiger partial charge on any atom is 0.231 e. The Kier molecular flexibility index (Phi) is 7.30. The molecule has 43 heavy (non-hydrogen) atoms. The smallest absolute Gasteiger partial charge is 0.231 e. The van der Waals surface area contributed by atoms with E-state index >= 15 is 0 Å². The molecule has 218 valence electrons. The van der Waals surface area contributed by atoms with Crippen molar-refractivity contribution in [1.29, 1.82) is 0 Å². The lowest BCUT2D eigenvalue weighted by molar-refractivity contribution is -0.114. The lowest BCUT2D eigenvalue weighted by Crippen LogP contribution is -2.14. The van der Waals surface area contributed by atoms with Gasteiger partial charge in [0.05, 0.1) is 25.4 Å². The van der Waals surface area contributed by atoms with Crippen molar-refractivity contribution >= 4 is 11.6 Å². The van der Waals surface area contributed by atoms with Gasteiger partial charge < -0.3 is 28.4 Å². The number of benzene rings is 3. The van der Waals surface area contributed by atoms with Crippen LogP contribution in [0, 0.1) is 11.8 Å². The normalized spacial score (nSPS) is 25.1. The van der Waals surface area contributed by atoms with E-state index in [1.165, 1.54) is 18.2 Å². The van der Waals surface area contributed by atoms with Crippen molar-refractivity contribution in [3.8, 4) is 23.0 Å². The van der Waals surface area contributed by atoms with Crippen LogP contribution >= 0.6 is 0 Å². The highest BCUT2D eigenvalue weighted by Gasteiger charge is 2.48. The maximum absolute atomic E-state index is 11.8. The van der Waals surface area contributed by atoms with Crippen LogP contribution in [-0.4, -0.2) is 38.4 Å². The zero-order valence-corrected chi connectivity index (χ0v) is 23.3. The SMILES string of the molecule is C=CC(C1=CC(=O)C=CC1=O)c1ccccc1.c1cc2c(cc1C1OCC3C(c4ccc5c(c4)OCO5)OCC13)OCO2. The predicted octanol–water partition coefficient (Wildman–Crippen LogP) is 5.81. The van der Waals surface area contributed by atoms with Gasteiger partial charge in [0.2, 0.25) is 13.6 Å². The van der Waals surface area contributed by atoms with Crippen molar-refractivity contribution in [2.45, 2.75) is 18.1 Å². The van der Waals surface area contributed by atoms with Crippen molar-refractivity contribution in [1.82, 2.24) is 0 Å². The van der Waals surface area contributed by atoms with E-state index < -0.39 is 0 Å².